The lowest BCUT2D eigenvalue weighted by Gasteiger charge is -2.08. The molecule has 5 aromatic rings. The maximum Gasteiger partial charge on any atom is 0.329 e. The smallest absolute Gasteiger partial charge is 0.329 e. The van der Waals surface area contributed by atoms with Gasteiger partial charge in [-0.25, -0.2) is 4.79 Å². The van der Waals surface area contributed by atoms with Gasteiger partial charge in [0.1, 0.15) is 0 Å². The molecule has 2 aromatic heterocycles. The first-order valence-electron chi connectivity index (χ1n) is 10.3. The number of nitrogens with one attached hydrogen (secondary N) is 1. The Labute approximate surface area is 196 Å². The van der Waals surface area contributed by atoms with Crippen LogP contribution in [0.15, 0.2) is 74.8 Å². The van der Waals surface area contributed by atoms with Gasteiger partial charge in [-0.1, -0.05) is 22.8 Å². The Balaban J connectivity index is 1.34. The number of nitrogens with zero attached hydrogens (tertiary/aromatic N) is 3. The van der Waals surface area contributed by atoms with Gasteiger partial charge in [0.2, 0.25) is 12.6 Å². The van der Waals surface area contributed by atoms with E-state index < -0.39 is 11.2 Å². The van der Waals surface area contributed by atoms with E-state index in [9.17, 15) is 9.59 Å². The number of rotatable bonds is 4. The fraction of sp³-hybridized carbons (Fsp3) is 0.0833. The minimum atomic E-state index is -0.528. The topological polar surface area (TPSA) is 112 Å². The van der Waals surface area contributed by atoms with Crippen molar-refractivity contribution in [1.82, 2.24) is 19.7 Å². The number of aromatic amines is 1. The van der Waals surface area contributed by atoms with Crippen LogP contribution in [0, 0.1) is 0 Å². The van der Waals surface area contributed by atoms with E-state index in [4.69, 9.17) is 25.6 Å². The van der Waals surface area contributed by atoms with Gasteiger partial charge in [-0.15, -0.1) is 0 Å². The lowest BCUT2D eigenvalue weighted by molar-refractivity contribution is 0.174. The van der Waals surface area contributed by atoms with Crippen molar-refractivity contribution in [2.24, 2.45) is 0 Å². The molecule has 0 unspecified atom stereocenters. The molecule has 0 radical (unpaired) electrons. The average molecular weight is 475 g/mol. The van der Waals surface area contributed by atoms with Gasteiger partial charge < -0.3 is 19.0 Å². The summed E-state index contributed by atoms with van der Waals surface area (Å²) in [5.74, 6) is 1.89. The van der Waals surface area contributed by atoms with E-state index in [1.54, 1.807) is 60.7 Å². The van der Waals surface area contributed by atoms with Crippen LogP contribution in [0.25, 0.3) is 33.7 Å². The second-order valence-corrected chi connectivity index (χ2v) is 8.14. The molecule has 10 heteroatoms. The molecule has 0 aliphatic carbocycles. The van der Waals surface area contributed by atoms with Crippen molar-refractivity contribution in [3.63, 3.8) is 0 Å². The predicted molar refractivity (Wildman–Crippen MR) is 124 cm³/mol. The molecule has 0 saturated carbocycles. The fourth-order valence-corrected chi connectivity index (χ4v) is 3.94. The zero-order valence-electron chi connectivity index (χ0n) is 17.4. The Morgan fingerprint density at radius 1 is 0.941 bits per heavy atom. The highest BCUT2D eigenvalue weighted by atomic mass is 35.5. The summed E-state index contributed by atoms with van der Waals surface area (Å²) in [5.41, 5.74) is 1.51. The molecule has 1 aliphatic rings. The van der Waals surface area contributed by atoms with Gasteiger partial charge in [-0.05, 0) is 60.2 Å². The van der Waals surface area contributed by atoms with Gasteiger partial charge in [0.25, 0.3) is 11.4 Å². The normalized spacial score (nSPS) is 12.4. The van der Waals surface area contributed by atoms with Gasteiger partial charge >= 0.3 is 5.69 Å². The zero-order valence-corrected chi connectivity index (χ0v) is 18.2. The SMILES string of the molecule is O=c1[nH]c2cc(-c3nc(-c4ccc(Cl)cc4)no3)ccc2c(=O)n1Cc1ccc2c(c1)OCO2. The Bertz CT molecular complexity index is 1670. The summed E-state index contributed by atoms with van der Waals surface area (Å²) in [6, 6.07) is 17.3. The lowest BCUT2D eigenvalue weighted by Crippen LogP contribution is -2.35. The fourth-order valence-electron chi connectivity index (χ4n) is 3.81. The Morgan fingerprint density at radius 3 is 2.59 bits per heavy atom. The summed E-state index contributed by atoms with van der Waals surface area (Å²) in [7, 11) is 0. The minimum Gasteiger partial charge on any atom is -0.454 e. The Morgan fingerprint density at radius 2 is 1.74 bits per heavy atom. The van der Waals surface area contributed by atoms with Crippen molar-refractivity contribution < 1.29 is 14.0 Å². The van der Waals surface area contributed by atoms with Crippen LogP contribution >= 0.6 is 11.6 Å². The van der Waals surface area contributed by atoms with E-state index in [-0.39, 0.29) is 19.2 Å². The van der Waals surface area contributed by atoms with E-state index in [0.717, 1.165) is 15.7 Å². The molecule has 1 N–H and O–H groups in total. The summed E-state index contributed by atoms with van der Waals surface area (Å²) in [6.07, 6.45) is 0. The van der Waals surface area contributed by atoms with Gasteiger partial charge in [0, 0.05) is 16.1 Å². The maximum absolute atomic E-state index is 13.1. The number of benzene rings is 3. The van der Waals surface area contributed by atoms with Crippen LogP contribution in [-0.4, -0.2) is 26.5 Å². The quantitative estimate of drug-likeness (QED) is 0.421. The summed E-state index contributed by atoms with van der Waals surface area (Å²) in [5, 5.41) is 4.98. The number of halogens is 1. The molecule has 34 heavy (non-hydrogen) atoms. The van der Waals surface area contributed by atoms with Crippen molar-refractivity contribution in [3.05, 3.63) is 92.1 Å². The lowest BCUT2D eigenvalue weighted by atomic mass is 10.1. The number of fused-ring (bicyclic) bond motifs is 2. The van der Waals surface area contributed by atoms with E-state index in [1.807, 2.05) is 0 Å². The van der Waals surface area contributed by atoms with Crippen LogP contribution in [0.3, 0.4) is 0 Å². The third-order valence-electron chi connectivity index (χ3n) is 5.53. The van der Waals surface area contributed by atoms with Crippen LogP contribution in [0.1, 0.15) is 5.56 Å². The molecule has 0 saturated heterocycles. The van der Waals surface area contributed by atoms with Crippen LogP contribution < -0.4 is 20.7 Å². The number of hydrogen-bond acceptors (Lipinski definition) is 7. The standard InChI is InChI=1S/C24H15ClN4O5/c25-16-5-2-14(3-6-16)21-27-22(34-28-21)15-4-7-17-18(10-15)26-24(31)29(23(17)30)11-13-1-8-19-20(9-13)33-12-32-19/h1-10H,11-12H2,(H,26,31). The summed E-state index contributed by atoms with van der Waals surface area (Å²) < 4.78 is 17.2. The van der Waals surface area contributed by atoms with E-state index >= 15 is 0 Å². The summed E-state index contributed by atoms with van der Waals surface area (Å²) in [6.45, 7) is 0.246. The third-order valence-corrected chi connectivity index (χ3v) is 5.79. The minimum absolute atomic E-state index is 0.0939. The van der Waals surface area contributed by atoms with Crippen molar-refractivity contribution in [2.45, 2.75) is 6.54 Å². The zero-order chi connectivity index (χ0) is 23.2. The molecule has 6 rings (SSSR count). The molecule has 0 amide bonds. The molecule has 0 fully saturated rings. The summed E-state index contributed by atoms with van der Waals surface area (Å²) in [4.78, 5) is 33.0. The molecular formula is C24H15ClN4O5. The molecule has 168 valence electrons. The van der Waals surface area contributed by atoms with E-state index in [2.05, 4.69) is 15.1 Å². The van der Waals surface area contributed by atoms with Crippen LogP contribution in [0.4, 0.5) is 0 Å². The maximum atomic E-state index is 13.1. The Kier molecular flexibility index (Phi) is 4.70. The number of H-pyrrole nitrogens is 1. The summed E-state index contributed by atoms with van der Waals surface area (Å²) >= 11 is 5.93. The molecule has 1 aliphatic heterocycles. The largest absolute Gasteiger partial charge is 0.454 e. The van der Waals surface area contributed by atoms with Crippen molar-refractivity contribution >= 4 is 22.5 Å². The molecule has 3 aromatic carbocycles. The second-order valence-electron chi connectivity index (χ2n) is 7.70. The molecule has 0 spiro atoms. The molecular weight excluding hydrogens is 460 g/mol. The first-order valence-corrected chi connectivity index (χ1v) is 10.7. The number of aromatic nitrogens is 4. The number of hydrogen-bond donors (Lipinski definition) is 1. The van der Waals surface area contributed by atoms with Crippen molar-refractivity contribution in [2.75, 3.05) is 6.79 Å². The van der Waals surface area contributed by atoms with Crippen LogP contribution in [0.2, 0.25) is 5.02 Å². The monoisotopic (exact) mass is 474 g/mol. The highest BCUT2D eigenvalue weighted by Crippen LogP contribution is 2.32. The number of ether oxygens (including phenoxy) is 2. The predicted octanol–water partition coefficient (Wildman–Crippen LogP) is 3.84. The second kappa shape index (κ2) is 7.89. The molecule has 9 nitrogen and oxygen atoms in total. The molecule has 3 heterocycles. The highest BCUT2D eigenvalue weighted by Gasteiger charge is 2.16. The highest BCUT2D eigenvalue weighted by molar-refractivity contribution is 6.30. The van der Waals surface area contributed by atoms with Crippen molar-refractivity contribution in [3.8, 4) is 34.3 Å². The van der Waals surface area contributed by atoms with E-state index in [1.165, 1.54) is 0 Å². The average Bonchev–Trinajstić information content (AvgIpc) is 3.51. The van der Waals surface area contributed by atoms with Gasteiger partial charge in [-0.3, -0.25) is 9.36 Å². The molecule has 0 bridgehead atoms. The molecule has 0 atom stereocenters. The first-order chi connectivity index (χ1) is 16.5. The van der Waals surface area contributed by atoms with Crippen LogP contribution in [0.5, 0.6) is 11.5 Å². The van der Waals surface area contributed by atoms with Gasteiger partial charge in [0.05, 0.1) is 17.4 Å². The Hall–Kier alpha value is -4.37. The van der Waals surface area contributed by atoms with Crippen LogP contribution in [-0.2, 0) is 6.54 Å². The van der Waals surface area contributed by atoms with E-state index in [0.29, 0.717) is 38.8 Å². The third kappa shape index (κ3) is 3.52. The first kappa shape index (κ1) is 20.3. The van der Waals surface area contributed by atoms with Crippen molar-refractivity contribution in [1.29, 1.82) is 0 Å². The van der Waals surface area contributed by atoms with Gasteiger partial charge in [-0.2, -0.15) is 4.98 Å². The van der Waals surface area contributed by atoms with Gasteiger partial charge in [0.15, 0.2) is 11.5 Å².